The Labute approximate surface area is 170 Å². The fraction of sp³-hybridized carbons (Fsp3) is 0.375. The zero-order valence-corrected chi connectivity index (χ0v) is 16.7. The molecular formula is C24H25N2O3+. The van der Waals surface area contributed by atoms with Gasteiger partial charge in [-0.1, -0.05) is 36.4 Å². The Balaban J connectivity index is 1.57. The van der Waals surface area contributed by atoms with E-state index >= 15 is 0 Å². The van der Waals surface area contributed by atoms with Crippen LogP contribution in [-0.2, 0) is 9.59 Å². The fourth-order valence-corrected chi connectivity index (χ4v) is 5.86. The number of rotatable bonds is 3. The zero-order valence-electron chi connectivity index (χ0n) is 16.7. The van der Waals surface area contributed by atoms with Gasteiger partial charge in [0.2, 0.25) is 17.6 Å². The van der Waals surface area contributed by atoms with Gasteiger partial charge in [-0.15, -0.1) is 0 Å². The number of hydrogen-bond acceptors (Lipinski definition) is 3. The van der Waals surface area contributed by atoms with Crippen molar-refractivity contribution in [1.29, 1.82) is 0 Å². The van der Waals surface area contributed by atoms with E-state index in [2.05, 4.69) is 0 Å². The van der Waals surface area contributed by atoms with Crippen molar-refractivity contribution in [3.05, 3.63) is 65.2 Å². The monoisotopic (exact) mass is 389 g/mol. The molecule has 5 nitrogen and oxygen atoms in total. The predicted molar refractivity (Wildman–Crippen MR) is 109 cm³/mol. The maximum absolute atomic E-state index is 13.5. The molecule has 2 amide bonds. The molecule has 0 bridgehead atoms. The number of Topliss-reactive ketones (excluding diaryl/α,β-unsaturated/α-hetero) is 1. The summed E-state index contributed by atoms with van der Waals surface area (Å²) in [6.45, 7) is 4.78. The lowest BCUT2D eigenvalue weighted by molar-refractivity contribution is -0.915. The Hall–Kier alpha value is -2.79. The van der Waals surface area contributed by atoms with Gasteiger partial charge in [0.15, 0.2) is 6.04 Å². The maximum atomic E-state index is 13.5. The first-order valence-electron chi connectivity index (χ1n) is 10.4. The van der Waals surface area contributed by atoms with Gasteiger partial charge < -0.3 is 4.90 Å². The van der Waals surface area contributed by atoms with Gasteiger partial charge in [-0.2, -0.15) is 0 Å². The molecule has 5 rings (SSSR count). The molecule has 2 aromatic rings. The summed E-state index contributed by atoms with van der Waals surface area (Å²) in [6.07, 6.45) is 1.89. The van der Waals surface area contributed by atoms with Crippen LogP contribution < -0.4 is 9.80 Å². The number of nitrogens with one attached hydrogen (secondary N) is 1. The molecule has 3 fully saturated rings. The zero-order chi connectivity index (χ0) is 20.3. The van der Waals surface area contributed by atoms with Crippen LogP contribution in [0.2, 0.25) is 0 Å². The second kappa shape index (κ2) is 6.63. The number of carbonyl (C=O) groups excluding carboxylic acids is 3. The van der Waals surface area contributed by atoms with Crippen LogP contribution in [0.3, 0.4) is 0 Å². The molecule has 5 heteroatoms. The molecule has 29 heavy (non-hydrogen) atoms. The number of anilines is 1. The third-order valence-electron chi connectivity index (χ3n) is 6.85. The Bertz CT molecular complexity index is 996. The molecular weight excluding hydrogens is 364 g/mol. The Kier molecular flexibility index (Phi) is 4.17. The maximum Gasteiger partial charge on any atom is 0.244 e. The van der Waals surface area contributed by atoms with E-state index in [1.807, 2.05) is 62.4 Å². The lowest BCUT2D eigenvalue weighted by Gasteiger charge is -2.25. The number of imide groups is 1. The molecule has 0 aromatic heterocycles. The van der Waals surface area contributed by atoms with Crippen molar-refractivity contribution in [2.45, 2.75) is 38.8 Å². The number of carbonyl (C=O) groups is 3. The van der Waals surface area contributed by atoms with Gasteiger partial charge >= 0.3 is 0 Å². The summed E-state index contributed by atoms with van der Waals surface area (Å²) in [5.74, 6) is -1.29. The van der Waals surface area contributed by atoms with Crippen LogP contribution in [0.15, 0.2) is 48.5 Å². The molecule has 148 valence electrons. The minimum absolute atomic E-state index is 0.0107. The van der Waals surface area contributed by atoms with Crippen LogP contribution in [0.1, 0.15) is 34.3 Å². The van der Waals surface area contributed by atoms with Crippen LogP contribution in [0.4, 0.5) is 5.69 Å². The van der Waals surface area contributed by atoms with Gasteiger partial charge in [0.25, 0.3) is 0 Å². The molecule has 2 aromatic carbocycles. The third kappa shape index (κ3) is 2.68. The van der Waals surface area contributed by atoms with Crippen LogP contribution in [0, 0.1) is 25.7 Å². The average Bonchev–Trinajstić information content (AvgIpc) is 3.33. The Morgan fingerprint density at radius 1 is 0.966 bits per heavy atom. The smallest absolute Gasteiger partial charge is 0.244 e. The van der Waals surface area contributed by atoms with Crippen LogP contribution in [0.5, 0.6) is 0 Å². The van der Waals surface area contributed by atoms with Crippen molar-refractivity contribution >= 4 is 23.3 Å². The Morgan fingerprint density at radius 3 is 2.31 bits per heavy atom. The van der Waals surface area contributed by atoms with E-state index < -0.39 is 17.9 Å². The summed E-state index contributed by atoms with van der Waals surface area (Å²) in [7, 11) is 0. The Morgan fingerprint density at radius 2 is 1.62 bits per heavy atom. The first-order valence-corrected chi connectivity index (χ1v) is 10.4. The number of nitrogens with zero attached hydrogens (tertiary/aromatic N) is 1. The number of hydrogen-bond donors (Lipinski definition) is 1. The summed E-state index contributed by atoms with van der Waals surface area (Å²) in [6, 6.07) is 14.6. The van der Waals surface area contributed by atoms with E-state index in [1.165, 1.54) is 4.90 Å². The number of quaternary nitrogens is 1. The van der Waals surface area contributed by atoms with Crippen LogP contribution in [0.25, 0.3) is 0 Å². The molecule has 3 heterocycles. The minimum atomic E-state index is -0.559. The summed E-state index contributed by atoms with van der Waals surface area (Å²) < 4.78 is 0. The van der Waals surface area contributed by atoms with Crippen molar-refractivity contribution in [2.24, 2.45) is 11.8 Å². The topological polar surface area (TPSA) is 58.9 Å². The molecule has 3 aliphatic heterocycles. The van der Waals surface area contributed by atoms with Crippen molar-refractivity contribution in [3.63, 3.8) is 0 Å². The summed E-state index contributed by atoms with van der Waals surface area (Å²) >= 11 is 0. The number of benzene rings is 2. The van der Waals surface area contributed by atoms with E-state index in [4.69, 9.17) is 0 Å². The summed E-state index contributed by atoms with van der Waals surface area (Å²) in [4.78, 5) is 42.9. The van der Waals surface area contributed by atoms with Crippen LogP contribution in [-0.4, -0.2) is 36.2 Å². The first kappa shape index (κ1) is 18.3. The van der Waals surface area contributed by atoms with Gasteiger partial charge in [-0.3, -0.25) is 14.4 Å². The first-order chi connectivity index (χ1) is 14.0. The number of amides is 2. The van der Waals surface area contributed by atoms with Gasteiger partial charge in [0.05, 0.1) is 12.2 Å². The second-order valence-corrected chi connectivity index (χ2v) is 8.69. The molecule has 0 radical (unpaired) electrons. The highest BCUT2D eigenvalue weighted by Crippen LogP contribution is 2.40. The standard InChI is InChI=1S/C24H24N2O3/c1-14-11-15(2)13-17(12-14)26-23(28)19-18-9-6-10-25(18)21(20(19)24(26)29)22(27)16-7-4-3-5-8-16/h3-5,7-8,11-13,18-21H,6,9-10H2,1-2H3/p+1/t18-,19+,20+,21-/m0/s1. The highest BCUT2D eigenvalue weighted by molar-refractivity contribution is 6.24. The molecule has 0 saturated carbocycles. The lowest BCUT2D eigenvalue weighted by Crippen LogP contribution is -3.16. The van der Waals surface area contributed by atoms with E-state index in [-0.39, 0.29) is 23.6 Å². The molecule has 1 unspecified atom stereocenters. The number of ketones is 1. The van der Waals surface area contributed by atoms with Gasteiger partial charge in [-0.05, 0) is 37.1 Å². The van der Waals surface area contributed by atoms with Gasteiger partial charge in [0.1, 0.15) is 17.9 Å². The molecule has 3 aliphatic rings. The molecule has 3 saturated heterocycles. The van der Waals surface area contributed by atoms with Crippen LogP contribution >= 0.6 is 0 Å². The molecule has 1 N–H and O–H groups in total. The van der Waals surface area contributed by atoms with E-state index in [9.17, 15) is 14.4 Å². The largest absolute Gasteiger partial charge is 0.322 e. The molecule has 0 aliphatic carbocycles. The minimum Gasteiger partial charge on any atom is -0.322 e. The second-order valence-electron chi connectivity index (χ2n) is 8.69. The lowest BCUT2D eigenvalue weighted by atomic mass is 9.85. The highest BCUT2D eigenvalue weighted by Gasteiger charge is 2.68. The van der Waals surface area contributed by atoms with Crippen molar-refractivity contribution in [3.8, 4) is 0 Å². The van der Waals surface area contributed by atoms with E-state index in [0.29, 0.717) is 11.3 Å². The van der Waals surface area contributed by atoms with Gasteiger partial charge in [0, 0.05) is 18.4 Å². The van der Waals surface area contributed by atoms with E-state index in [0.717, 1.165) is 35.4 Å². The van der Waals surface area contributed by atoms with Crippen molar-refractivity contribution < 1.29 is 19.3 Å². The number of fused-ring (bicyclic) bond motifs is 3. The van der Waals surface area contributed by atoms with Gasteiger partial charge in [-0.25, -0.2) is 4.90 Å². The highest BCUT2D eigenvalue weighted by atomic mass is 16.2. The average molecular weight is 389 g/mol. The SMILES string of the molecule is Cc1cc(C)cc(N2C(=O)[C@@H]3[C@H](C2=O)[C@@H]2CCC[NH+]2[C@@H]3C(=O)c2ccccc2)c1. The van der Waals surface area contributed by atoms with Crippen molar-refractivity contribution in [1.82, 2.24) is 0 Å². The van der Waals surface area contributed by atoms with E-state index in [1.54, 1.807) is 0 Å². The quantitative estimate of drug-likeness (QED) is 0.642. The third-order valence-corrected chi connectivity index (χ3v) is 6.85. The predicted octanol–water partition coefficient (Wildman–Crippen LogP) is 1.72. The van der Waals surface area contributed by atoms with Crippen molar-refractivity contribution in [2.75, 3.05) is 11.4 Å². The molecule has 0 spiro atoms. The number of aryl methyl sites for hydroxylation is 2. The summed E-state index contributed by atoms with van der Waals surface area (Å²) in [5, 5.41) is 0. The summed E-state index contributed by atoms with van der Waals surface area (Å²) in [5.41, 5.74) is 3.30. The fourth-order valence-electron chi connectivity index (χ4n) is 5.86. The molecule has 5 atom stereocenters. The normalized spacial score (nSPS) is 30.6.